The van der Waals surface area contributed by atoms with Crippen LogP contribution in [0.5, 0.6) is 0 Å². The molecule has 0 atom stereocenters. The third kappa shape index (κ3) is 3.42. The first-order valence-electron chi connectivity index (χ1n) is 5.71. The molecule has 0 unspecified atom stereocenters. The molecule has 0 amide bonds. The minimum atomic E-state index is -0.623. The number of hydrogen-bond donors (Lipinski definition) is 1. The molecule has 0 saturated carbocycles. The maximum Gasteiger partial charge on any atom is 0.0703 e. The lowest BCUT2D eigenvalue weighted by atomic mass is 9.98. The highest BCUT2D eigenvalue weighted by atomic mass is 35.5. The first kappa shape index (κ1) is 12.3. The molecule has 3 heteroatoms. The molecule has 1 aromatic heterocycles. The molecular formula is C14H16ClNO. The Morgan fingerprint density at radius 1 is 1.29 bits per heavy atom. The maximum atomic E-state index is 9.70. The summed E-state index contributed by atoms with van der Waals surface area (Å²) in [4.78, 5) is 4.25. The van der Waals surface area contributed by atoms with Gasteiger partial charge in [0.25, 0.3) is 0 Å². The van der Waals surface area contributed by atoms with E-state index in [1.807, 2.05) is 26.0 Å². The predicted molar refractivity (Wildman–Crippen MR) is 71.4 cm³/mol. The van der Waals surface area contributed by atoms with E-state index < -0.39 is 5.60 Å². The topological polar surface area (TPSA) is 33.1 Å². The Bertz CT molecular complexity index is 531. The summed E-state index contributed by atoms with van der Waals surface area (Å²) in [5.41, 5.74) is 1.52. The molecule has 0 spiro atoms. The Morgan fingerprint density at radius 2 is 2.06 bits per heavy atom. The highest BCUT2D eigenvalue weighted by molar-refractivity contribution is 6.31. The highest BCUT2D eigenvalue weighted by Gasteiger charge is 2.12. The molecule has 1 N–H and O–H groups in total. The Kier molecular flexibility index (Phi) is 3.36. The molecule has 0 aliphatic heterocycles. The third-order valence-corrected chi connectivity index (χ3v) is 2.94. The number of aliphatic hydroxyl groups is 1. The number of benzene rings is 1. The van der Waals surface area contributed by atoms with E-state index in [1.54, 1.807) is 6.20 Å². The number of nitrogens with zero attached hydrogens (tertiary/aromatic N) is 1. The fourth-order valence-electron chi connectivity index (χ4n) is 1.76. The molecule has 0 aliphatic carbocycles. The Labute approximate surface area is 106 Å². The van der Waals surface area contributed by atoms with Crippen LogP contribution < -0.4 is 0 Å². The summed E-state index contributed by atoms with van der Waals surface area (Å²) in [7, 11) is 0. The van der Waals surface area contributed by atoms with Gasteiger partial charge in [0, 0.05) is 11.6 Å². The largest absolute Gasteiger partial charge is 0.390 e. The molecule has 0 bridgehead atoms. The van der Waals surface area contributed by atoms with Crippen molar-refractivity contribution in [3.05, 3.63) is 41.0 Å². The van der Waals surface area contributed by atoms with Crippen molar-refractivity contribution < 1.29 is 5.11 Å². The molecule has 2 nitrogen and oxygen atoms in total. The molecule has 90 valence electrons. The molecule has 0 radical (unpaired) electrons. The number of hydrogen-bond acceptors (Lipinski definition) is 2. The van der Waals surface area contributed by atoms with Gasteiger partial charge in [-0.2, -0.15) is 0 Å². The zero-order valence-corrected chi connectivity index (χ0v) is 10.8. The lowest BCUT2D eigenvalue weighted by molar-refractivity contribution is 0.0714. The second kappa shape index (κ2) is 4.63. The fraction of sp³-hybridized carbons (Fsp3) is 0.357. The van der Waals surface area contributed by atoms with Crippen molar-refractivity contribution in [1.29, 1.82) is 0 Å². The normalized spacial score (nSPS) is 12.0. The zero-order chi connectivity index (χ0) is 12.5. The van der Waals surface area contributed by atoms with Crippen LogP contribution in [0.1, 0.15) is 25.8 Å². The summed E-state index contributed by atoms with van der Waals surface area (Å²) in [6, 6.07) is 8.04. The minimum absolute atomic E-state index is 0.623. The lowest BCUT2D eigenvalue weighted by Gasteiger charge is -2.16. The molecule has 1 heterocycles. The van der Waals surface area contributed by atoms with E-state index in [0.717, 1.165) is 23.7 Å². The van der Waals surface area contributed by atoms with Gasteiger partial charge in [0.1, 0.15) is 0 Å². The zero-order valence-electron chi connectivity index (χ0n) is 10.1. The van der Waals surface area contributed by atoms with Gasteiger partial charge >= 0.3 is 0 Å². The van der Waals surface area contributed by atoms with Gasteiger partial charge in [0.05, 0.1) is 16.1 Å². The molecule has 0 aliphatic rings. The maximum absolute atomic E-state index is 9.70. The Hall–Kier alpha value is -1.12. The quantitative estimate of drug-likeness (QED) is 0.902. The first-order valence-corrected chi connectivity index (χ1v) is 6.08. The predicted octanol–water partition coefficient (Wildman–Crippen LogP) is 3.59. The van der Waals surface area contributed by atoms with E-state index in [-0.39, 0.29) is 0 Å². The van der Waals surface area contributed by atoms with Crippen molar-refractivity contribution >= 4 is 22.5 Å². The van der Waals surface area contributed by atoms with Crippen LogP contribution in [0, 0.1) is 0 Å². The summed E-state index contributed by atoms with van der Waals surface area (Å²) in [5.74, 6) is 0. The van der Waals surface area contributed by atoms with Crippen molar-refractivity contribution in [2.45, 2.75) is 32.3 Å². The summed E-state index contributed by atoms with van der Waals surface area (Å²) < 4.78 is 0. The van der Waals surface area contributed by atoms with Crippen LogP contribution in [-0.4, -0.2) is 15.7 Å². The fourth-order valence-corrected chi connectivity index (χ4v) is 1.93. The number of fused-ring (bicyclic) bond motifs is 1. The molecule has 0 fully saturated rings. The van der Waals surface area contributed by atoms with Gasteiger partial charge < -0.3 is 5.11 Å². The van der Waals surface area contributed by atoms with E-state index >= 15 is 0 Å². The standard InChI is InChI=1S/C14H16ClNO/c1-14(2,17)6-5-10-3-4-13-11(7-10)8-12(15)9-16-13/h3-4,7-9,17H,5-6H2,1-2H3. The average Bonchev–Trinajstić information content (AvgIpc) is 2.24. The summed E-state index contributed by atoms with van der Waals surface area (Å²) in [6.45, 7) is 3.65. The van der Waals surface area contributed by atoms with Crippen LogP contribution in [0.15, 0.2) is 30.5 Å². The average molecular weight is 250 g/mol. The van der Waals surface area contributed by atoms with Crippen LogP contribution in [0.2, 0.25) is 5.02 Å². The van der Waals surface area contributed by atoms with Gasteiger partial charge in [-0.3, -0.25) is 4.98 Å². The minimum Gasteiger partial charge on any atom is -0.390 e. The number of aromatic nitrogens is 1. The van der Waals surface area contributed by atoms with E-state index in [2.05, 4.69) is 17.1 Å². The smallest absolute Gasteiger partial charge is 0.0703 e. The highest BCUT2D eigenvalue weighted by Crippen LogP contribution is 2.20. The van der Waals surface area contributed by atoms with Crippen molar-refractivity contribution in [2.75, 3.05) is 0 Å². The Balaban J connectivity index is 2.25. The van der Waals surface area contributed by atoms with Crippen molar-refractivity contribution in [2.24, 2.45) is 0 Å². The Morgan fingerprint density at radius 3 is 2.76 bits per heavy atom. The van der Waals surface area contributed by atoms with Gasteiger partial charge in [0.15, 0.2) is 0 Å². The van der Waals surface area contributed by atoms with E-state index in [0.29, 0.717) is 5.02 Å². The van der Waals surface area contributed by atoms with Gasteiger partial charge in [-0.25, -0.2) is 0 Å². The lowest BCUT2D eigenvalue weighted by Crippen LogP contribution is -2.19. The number of halogens is 1. The molecule has 1 aromatic carbocycles. The number of rotatable bonds is 3. The monoisotopic (exact) mass is 249 g/mol. The second-order valence-corrected chi connectivity index (χ2v) is 5.43. The molecule has 2 rings (SSSR count). The summed E-state index contributed by atoms with van der Waals surface area (Å²) in [5, 5.41) is 11.4. The van der Waals surface area contributed by atoms with Gasteiger partial charge in [0.2, 0.25) is 0 Å². The van der Waals surface area contributed by atoms with Crippen molar-refractivity contribution in [3.63, 3.8) is 0 Å². The third-order valence-electron chi connectivity index (χ3n) is 2.74. The molecule has 2 aromatic rings. The SMILES string of the molecule is CC(C)(O)CCc1ccc2ncc(Cl)cc2c1. The molecule has 0 saturated heterocycles. The van der Waals surface area contributed by atoms with Crippen LogP contribution in [-0.2, 0) is 6.42 Å². The van der Waals surface area contributed by atoms with Crippen LogP contribution >= 0.6 is 11.6 Å². The van der Waals surface area contributed by atoms with E-state index in [9.17, 15) is 5.11 Å². The van der Waals surface area contributed by atoms with Gasteiger partial charge in [-0.05, 0) is 50.5 Å². The van der Waals surface area contributed by atoms with Crippen LogP contribution in [0.25, 0.3) is 10.9 Å². The van der Waals surface area contributed by atoms with Gasteiger partial charge in [-0.1, -0.05) is 17.7 Å². The van der Waals surface area contributed by atoms with Gasteiger partial charge in [-0.15, -0.1) is 0 Å². The summed E-state index contributed by atoms with van der Waals surface area (Å²) in [6.07, 6.45) is 3.25. The second-order valence-electron chi connectivity index (χ2n) is 4.99. The molecular weight excluding hydrogens is 234 g/mol. The van der Waals surface area contributed by atoms with Crippen LogP contribution in [0.4, 0.5) is 0 Å². The van der Waals surface area contributed by atoms with Crippen LogP contribution in [0.3, 0.4) is 0 Å². The van der Waals surface area contributed by atoms with Crippen molar-refractivity contribution in [3.8, 4) is 0 Å². The van der Waals surface area contributed by atoms with E-state index in [1.165, 1.54) is 5.56 Å². The number of pyridine rings is 1. The molecule has 17 heavy (non-hydrogen) atoms. The summed E-state index contributed by atoms with van der Waals surface area (Å²) >= 11 is 5.92. The van der Waals surface area contributed by atoms with E-state index in [4.69, 9.17) is 11.6 Å². The van der Waals surface area contributed by atoms with Crippen molar-refractivity contribution in [1.82, 2.24) is 4.98 Å². The first-order chi connectivity index (χ1) is 7.94. The number of aryl methyl sites for hydroxylation is 1.